The first kappa shape index (κ1) is 14.3. The van der Waals surface area contributed by atoms with Crippen molar-refractivity contribution in [2.24, 2.45) is 7.05 Å². The summed E-state index contributed by atoms with van der Waals surface area (Å²) in [7, 11) is 1.97. The Labute approximate surface area is 108 Å². The van der Waals surface area contributed by atoms with Gasteiger partial charge in [-0.25, -0.2) is 0 Å². The molecule has 3 nitrogen and oxygen atoms in total. The van der Waals surface area contributed by atoms with Crippen LogP contribution in [0.15, 0.2) is 24.3 Å². The smallest absolute Gasteiger partial charge is 0.310 e. The molecule has 0 bridgehead atoms. The highest BCUT2D eigenvalue weighted by molar-refractivity contribution is 5.91. The van der Waals surface area contributed by atoms with Crippen LogP contribution in [0.2, 0.25) is 0 Å². The SMILES string of the molecule is CC.Cc1c(C(C)C(=O)O)c2ccccc2n1C. The van der Waals surface area contributed by atoms with Gasteiger partial charge in [-0.15, -0.1) is 0 Å². The van der Waals surface area contributed by atoms with E-state index in [-0.39, 0.29) is 0 Å². The van der Waals surface area contributed by atoms with Gasteiger partial charge in [-0.1, -0.05) is 32.0 Å². The van der Waals surface area contributed by atoms with Gasteiger partial charge in [0.25, 0.3) is 0 Å². The number of carboxylic acids is 1. The van der Waals surface area contributed by atoms with Gasteiger partial charge < -0.3 is 9.67 Å². The van der Waals surface area contributed by atoms with Crippen molar-refractivity contribution in [2.45, 2.75) is 33.6 Å². The van der Waals surface area contributed by atoms with Gasteiger partial charge in [-0.3, -0.25) is 4.79 Å². The summed E-state index contributed by atoms with van der Waals surface area (Å²) in [5.74, 6) is -1.24. The number of carboxylic acid groups (broad SMARTS) is 1. The number of aliphatic carboxylic acids is 1. The topological polar surface area (TPSA) is 42.2 Å². The van der Waals surface area contributed by atoms with Crippen LogP contribution < -0.4 is 0 Å². The molecule has 1 atom stereocenters. The van der Waals surface area contributed by atoms with E-state index in [0.717, 1.165) is 22.2 Å². The van der Waals surface area contributed by atoms with Crippen molar-refractivity contribution in [3.05, 3.63) is 35.5 Å². The fourth-order valence-corrected chi connectivity index (χ4v) is 2.22. The summed E-state index contributed by atoms with van der Waals surface area (Å²) in [5, 5.41) is 10.2. The van der Waals surface area contributed by atoms with Crippen LogP contribution in [0.3, 0.4) is 0 Å². The molecule has 0 aliphatic rings. The molecule has 1 aromatic carbocycles. The molecule has 1 aromatic heterocycles. The Balaban J connectivity index is 0.000000771. The fourth-order valence-electron chi connectivity index (χ4n) is 2.22. The third kappa shape index (κ3) is 2.26. The summed E-state index contributed by atoms with van der Waals surface area (Å²) in [4.78, 5) is 11.1. The van der Waals surface area contributed by atoms with E-state index < -0.39 is 11.9 Å². The molecule has 1 N–H and O–H groups in total. The average Bonchev–Trinajstić information content (AvgIpc) is 2.64. The summed E-state index contributed by atoms with van der Waals surface area (Å²) in [6, 6.07) is 7.91. The Morgan fingerprint density at radius 3 is 2.39 bits per heavy atom. The molecule has 2 rings (SSSR count). The number of hydrogen-bond acceptors (Lipinski definition) is 1. The quantitative estimate of drug-likeness (QED) is 0.879. The monoisotopic (exact) mass is 247 g/mol. The van der Waals surface area contributed by atoms with Crippen molar-refractivity contribution in [2.75, 3.05) is 0 Å². The number of aryl methyl sites for hydroxylation is 1. The Morgan fingerprint density at radius 1 is 1.28 bits per heavy atom. The summed E-state index contributed by atoms with van der Waals surface area (Å²) in [5.41, 5.74) is 3.03. The summed E-state index contributed by atoms with van der Waals surface area (Å²) < 4.78 is 2.05. The molecule has 2 aromatic rings. The zero-order chi connectivity index (χ0) is 13.9. The first-order valence-electron chi connectivity index (χ1n) is 6.30. The Morgan fingerprint density at radius 2 is 1.83 bits per heavy atom. The van der Waals surface area contributed by atoms with Crippen molar-refractivity contribution in [1.29, 1.82) is 0 Å². The molecule has 0 aliphatic heterocycles. The van der Waals surface area contributed by atoms with Gasteiger partial charge in [0.15, 0.2) is 0 Å². The minimum Gasteiger partial charge on any atom is -0.481 e. The number of fused-ring (bicyclic) bond motifs is 1. The van der Waals surface area contributed by atoms with Crippen molar-refractivity contribution >= 4 is 16.9 Å². The number of carbonyl (C=O) groups is 1. The largest absolute Gasteiger partial charge is 0.481 e. The lowest BCUT2D eigenvalue weighted by molar-refractivity contribution is -0.138. The molecule has 0 radical (unpaired) electrons. The predicted octanol–water partition coefficient (Wildman–Crippen LogP) is 3.70. The molecule has 0 amide bonds. The van der Waals surface area contributed by atoms with Crippen molar-refractivity contribution in [1.82, 2.24) is 4.57 Å². The maximum absolute atomic E-state index is 11.1. The Bertz CT molecular complexity index is 555. The van der Waals surface area contributed by atoms with Crippen LogP contribution in [0.5, 0.6) is 0 Å². The van der Waals surface area contributed by atoms with Gasteiger partial charge in [-0.2, -0.15) is 0 Å². The molecule has 1 heterocycles. The first-order valence-corrected chi connectivity index (χ1v) is 6.30. The summed E-state index contributed by atoms with van der Waals surface area (Å²) >= 11 is 0. The molecule has 0 fully saturated rings. The van der Waals surface area contributed by atoms with E-state index in [0.29, 0.717) is 0 Å². The van der Waals surface area contributed by atoms with Crippen LogP contribution in [-0.4, -0.2) is 15.6 Å². The second kappa shape index (κ2) is 5.71. The van der Waals surface area contributed by atoms with Crippen LogP contribution in [0.25, 0.3) is 10.9 Å². The number of hydrogen-bond donors (Lipinski definition) is 1. The number of aromatic nitrogens is 1. The molecule has 98 valence electrons. The normalized spacial score (nSPS) is 11.8. The lowest BCUT2D eigenvalue weighted by Crippen LogP contribution is -2.08. The van der Waals surface area contributed by atoms with Gasteiger partial charge in [-0.05, 0) is 25.5 Å². The third-order valence-corrected chi connectivity index (χ3v) is 3.25. The van der Waals surface area contributed by atoms with E-state index in [4.69, 9.17) is 5.11 Å². The second-order valence-electron chi connectivity index (χ2n) is 4.14. The number of nitrogens with zero attached hydrogens (tertiary/aromatic N) is 1. The molecule has 0 saturated heterocycles. The maximum atomic E-state index is 11.1. The third-order valence-electron chi connectivity index (χ3n) is 3.25. The van der Waals surface area contributed by atoms with E-state index in [2.05, 4.69) is 0 Å². The second-order valence-corrected chi connectivity index (χ2v) is 4.14. The number of benzene rings is 1. The van der Waals surface area contributed by atoms with Gasteiger partial charge in [0.1, 0.15) is 0 Å². The van der Waals surface area contributed by atoms with E-state index in [1.807, 2.05) is 56.7 Å². The first-order chi connectivity index (χ1) is 8.54. The molecular formula is C15H21NO2. The highest BCUT2D eigenvalue weighted by atomic mass is 16.4. The lowest BCUT2D eigenvalue weighted by Gasteiger charge is -2.07. The molecule has 3 heteroatoms. The highest BCUT2D eigenvalue weighted by Crippen LogP contribution is 2.30. The minimum atomic E-state index is -0.778. The van der Waals surface area contributed by atoms with Gasteiger partial charge in [0.2, 0.25) is 0 Å². The number of para-hydroxylation sites is 1. The Kier molecular flexibility index (Phi) is 4.54. The predicted molar refractivity (Wildman–Crippen MR) is 75.1 cm³/mol. The molecule has 0 saturated carbocycles. The highest BCUT2D eigenvalue weighted by Gasteiger charge is 2.21. The zero-order valence-corrected chi connectivity index (χ0v) is 11.7. The van der Waals surface area contributed by atoms with Crippen molar-refractivity contribution in [3.8, 4) is 0 Å². The van der Waals surface area contributed by atoms with Gasteiger partial charge >= 0.3 is 5.97 Å². The van der Waals surface area contributed by atoms with E-state index in [1.165, 1.54) is 0 Å². The molecule has 1 unspecified atom stereocenters. The van der Waals surface area contributed by atoms with Crippen LogP contribution >= 0.6 is 0 Å². The maximum Gasteiger partial charge on any atom is 0.310 e. The van der Waals surface area contributed by atoms with Gasteiger partial charge in [0.05, 0.1) is 5.92 Å². The zero-order valence-electron chi connectivity index (χ0n) is 11.7. The summed E-state index contributed by atoms with van der Waals surface area (Å²) in [6.07, 6.45) is 0. The average molecular weight is 247 g/mol. The lowest BCUT2D eigenvalue weighted by atomic mass is 9.98. The van der Waals surface area contributed by atoms with Crippen LogP contribution in [0.4, 0.5) is 0 Å². The van der Waals surface area contributed by atoms with Crippen molar-refractivity contribution in [3.63, 3.8) is 0 Å². The molecular weight excluding hydrogens is 226 g/mol. The number of rotatable bonds is 2. The van der Waals surface area contributed by atoms with E-state index in [9.17, 15) is 4.79 Å². The van der Waals surface area contributed by atoms with Crippen LogP contribution in [0, 0.1) is 6.92 Å². The molecule has 0 spiro atoms. The molecule has 18 heavy (non-hydrogen) atoms. The van der Waals surface area contributed by atoms with E-state index in [1.54, 1.807) is 6.92 Å². The molecule has 0 aliphatic carbocycles. The van der Waals surface area contributed by atoms with Crippen LogP contribution in [0.1, 0.15) is 37.9 Å². The van der Waals surface area contributed by atoms with Crippen molar-refractivity contribution < 1.29 is 9.90 Å². The minimum absolute atomic E-state index is 0.467. The fraction of sp³-hybridized carbons (Fsp3) is 0.400. The standard InChI is InChI=1S/C13H15NO2.C2H6/c1-8(13(15)16)12-9(2)14(3)11-7-5-4-6-10(11)12;1-2/h4-8H,1-3H3,(H,15,16);1-2H3. The summed E-state index contributed by atoms with van der Waals surface area (Å²) in [6.45, 7) is 7.70. The van der Waals surface area contributed by atoms with Gasteiger partial charge in [0, 0.05) is 23.6 Å². The Hall–Kier alpha value is -1.77. The van der Waals surface area contributed by atoms with Crippen LogP contribution in [-0.2, 0) is 11.8 Å². The van der Waals surface area contributed by atoms with E-state index >= 15 is 0 Å².